The van der Waals surface area contributed by atoms with Gasteiger partial charge in [-0.15, -0.1) is 11.8 Å². The molecule has 6 nitrogen and oxygen atoms in total. The summed E-state index contributed by atoms with van der Waals surface area (Å²) in [5, 5.41) is 12.0. The highest BCUT2D eigenvalue weighted by atomic mass is 32.2. The highest BCUT2D eigenvalue weighted by molar-refractivity contribution is 8.00. The summed E-state index contributed by atoms with van der Waals surface area (Å²) in [6.07, 6.45) is 0.763. The summed E-state index contributed by atoms with van der Waals surface area (Å²) in [7, 11) is 0. The monoisotopic (exact) mass is 370 g/mol. The zero-order valence-electron chi connectivity index (χ0n) is 14.2. The average molecular weight is 370 g/mol. The van der Waals surface area contributed by atoms with Crippen molar-refractivity contribution >= 4 is 40.9 Å². The van der Waals surface area contributed by atoms with E-state index in [1.54, 1.807) is 29.2 Å². The van der Waals surface area contributed by atoms with Crippen LogP contribution in [0.5, 0.6) is 0 Å². The third-order valence-corrected chi connectivity index (χ3v) is 5.19. The Morgan fingerprint density at radius 2 is 1.96 bits per heavy atom. The van der Waals surface area contributed by atoms with Crippen LogP contribution in [0.25, 0.3) is 0 Å². The predicted octanol–water partition coefficient (Wildman–Crippen LogP) is 3.02. The molecule has 2 aromatic carbocycles. The number of fused-ring (bicyclic) bond motifs is 1. The SMILES string of the molecule is CC(=O)N1CCc2cc(NC(=O)CSc3ccccc3C(=O)O)ccc21. The Labute approximate surface area is 155 Å². The van der Waals surface area contributed by atoms with Gasteiger partial charge in [0.15, 0.2) is 0 Å². The molecule has 1 aliphatic heterocycles. The largest absolute Gasteiger partial charge is 0.478 e. The predicted molar refractivity (Wildman–Crippen MR) is 101 cm³/mol. The van der Waals surface area contributed by atoms with E-state index in [0.717, 1.165) is 17.7 Å². The van der Waals surface area contributed by atoms with Gasteiger partial charge in [-0.05, 0) is 42.3 Å². The van der Waals surface area contributed by atoms with E-state index < -0.39 is 5.97 Å². The lowest BCUT2D eigenvalue weighted by molar-refractivity contribution is -0.116. The number of aromatic carboxylic acids is 1. The molecule has 2 amide bonds. The molecule has 0 fully saturated rings. The second-order valence-electron chi connectivity index (χ2n) is 5.90. The molecule has 0 spiro atoms. The van der Waals surface area contributed by atoms with Crippen molar-refractivity contribution in [1.29, 1.82) is 0 Å². The van der Waals surface area contributed by atoms with Gasteiger partial charge in [-0.3, -0.25) is 9.59 Å². The van der Waals surface area contributed by atoms with Crippen molar-refractivity contribution in [2.75, 3.05) is 22.5 Å². The van der Waals surface area contributed by atoms with Crippen molar-refractivity contribution in [3.8, 4) is 0 Å². The molecule has 0 unspecified atom stereocenters. The van der Waals surface area contributed by atoms with Gasteiger partial charge >= 0.3 is 5.97 Å². The van der Waals surface area contributed by atoms with Gasteiger partial charge < -0.3 is 15.3 Å². The number of nitrogens with zero attached hydrogens (tertiary/aromatic N) is 1. The third kappa shape index (κ3) is 3.88. The first-order valence-corrected chi connectivity index (χ1v) is 9.10. The summed E-state index contributed by atoms with van der Waals surface area (Å²) in [5.74, 6) is -1.10. The van der Waals surface area contributed by atoms with E-state index in [1.807, 2.05) is 12.1 Å². The Hall–Kier alpha value is -2.80. The average Bonchev–Trinajstić information content (AvgIpc) is 3.03. The molecule has 0 saturated heterocycles. The Balaban J connectivity index is 1.63. The van der Waals surface area contributed by atoms with Gasteiger partial charge in [0.1, 0.15) is 0 Å². The fraction of sp³-hybridized carbons (Fsp3) is 0.211. The molecule has 2 aromatic rings. The normalized spacial score (nSPS) is 12.6. The number of nitrogens with one attached hydrogen (secondary N) is 1. The molecule has 0 aromatic heterocycles. The number of benzene rings is 2. The van der Waals surface area contributed by atoms with E-state index in [0.29, 0.717) is 17.1 Å². The van der Waals surface area contributed by atoms with Crippen molar-refractivity contribution in [1.82, 2.24) is 0 Å². The lowest BCUT2D eigenvalue weighted by Gasteiger charge is -2.15. The van der Waals surface area contributed by atoms with Crippen molar-refractivity contribution in [3.63, 3.8) is 0 Å². The zero-order valence-corrected chi connectivity index (χ0v) is 15.0. The van der Waals surface area contributed by atoms with Crippen LogP contribution in [0.3, 0.4) is 0 Å². The van der Waals surface area contributed by atoms with Gasteiger partial charge in [-0.25, -0.2) is 4.79 Å². The molecular weight excluding hydrogens is 352 g/mol. The third-order valence-electron chi connectivity index (χ3n) is 4.12. The highest BCUT2D eigenvalue weighted by Gasteiger charge is 2.22. The molecule has 0 atom stereocenters. The molecule has 1 aliphatic rings. The molecule has 0 radical (unpaired) electrons. The van der Waals surface area contributed by atoms with Crippen LogP contribution >= 0.6 is 11.8 Å². The number of hydrogen-bond acceptors (Lipinski definition) is 4. The van der Waals surface area contributed by atoms with Gasteiger partial charge in [0.25, 0.3) is 0 Å². The first-order valence-electron chi connectivity index (χ1n) is 8.11. The van der Waals surface area contributed by atoms with Gasteiger partial charge in [-0.2, -0.15) is 0 Å². The van der Waals surface area contributed by atoms with Gasteiger partial charge in [0.05, 0.1) is 11.3 Å². The summed E-state index contributed by atoms with van der Waals surface area (Å²) < 4.78 is 0. The van der Waals surface area contributed by atoms with Crippen molar-refractivity contribution < 1.29 is 19.5 Å². The fourth-order valence-electron chi connectivity index (χ4n) is 2.92. The molecule has 7 heteroatoms. The summed E-state index contributed by atoms with van der Waals surface area (Å²) >= 11 is 1.19. The van der Waals surface area contributed by atoms with Crippen molar-refractivity contribution in [2.45, 2.75) is 18.2 Å². The van der Waals surface area contributed by atoms with Crippen LogP contribution < -0.4 is 10.2 Å². The second-order valence-corrected chi connectivity index (χ2v) is 6.92. The smallest absolute Gasteiger partial charge is 0.336 e. The fourth-order valence-corrected chi connectivity index (χ4v) is 3.76. The van der Waals surface area contributed by atoms with Crippen LogP contribution in [0.1, 0.15) is 22.8 Å². The number of anilines is 2. The van der Waals surface area contributed by atoms with Crippen LogP contribution in [0.15, 0.2) is 47.4 Å². The molecule has 0 saturated carbocycles. The standard InChI is InChI=1S/C19H18N2O4S/c1-12(22)21-9-8-13-10-14(6-7-16(13)21)20-18(23)11-26-17-5-3-2-4-15(17)19(24)25/h2-7,10H,8-9,11H2,1H3,(H,20,23)(H,24,25). The first-order chi connectivity index (χ1) is 12.5. The van der Waals surface area contributed by atoms with E-state index in [9.17, 15) is 19.5 Å². The number of rotatable bonds is 5. The first kappa shape index (κ1) is 18.0. The maximum atomic E-state index is 12.2. The van der Waals surface area contributed by atoms with Crippen molar-refractivity contribution in [3.05, 3.63) is 53.6 Å². The molecular formula is C19H18N2O4S. The maximum Gasteiger partial charge on any atom is 0.336 e. The van der Waals surface area contributed by atoms with Crippen LogP contribution in [0.4, 0.5) is 11.4 Å². The van der Waals surface area contributed by atoms with E-state index in [2.05, 4.69) is 5.32 Å². The maximum absolute atomic E-state index is 12.2. The molecule has 0 aliphatic carbocycles. The quantitative estimate of drug-likeness (QED) is 0.790. The summed E-state index contributed by atoms with van der Waals surface area (Å²) in [4.78, 5) is 37.3. The molecule has 0 bridgehead atoms. The molecule has 3 rings (SSSR count). The number of hydrogen-bond donors (Lipinski definition) is 2. The molecule has 1 heterocycles. The molecule has 134 valence electrons. The number of carboxylic acids is 1. The number of thioether (sulfide) groups is 1. The van der Waals surface area contributed by atoms with E-state index in [1.165, 1.54) is 24.8 Å². The van der Waals surface area contributed by atoms with E-state index in [-0.39, 0.29) is 23.1 Å². The van der Waals surface area contributed by atoms with Gasteiger partial charge in [0, 0.05) is 29.7 Å². The number of carbonyl (C=O) groups excluding carboxylic acids is 2. The number of amides is 2. The number of carbonyl (C=O) groups is 3. The minimum Gasteiger partial charge on any atom is -0.478 e. The second kappa shape index (κ2) is 7.61. The van der Waals surface area contributed by atoms with Gasteiger partial charge in [0.2, 0.25) is 11.8 Å². The summed E-state index contributed by atoms with van der Waals surface area (Å²) in [6, 6.07) is 12.1. The minimum absolute atomic E-state index is 0.00836. The van der Waals surface area contributed by atoms with Crippen LogP contribution in [0, 0.1) is 0 Å². The Kier molecular flexibility index (Phi) is 5.27. The Bertz CT molecular complexity index is 882. The minimum atomic E-state index is -1.01. The van der Waals surface area contributed by atoms with E-state index >= 15 is 0 Å². The lowest BCUT2D eigenvalue weighted by atomic mass is 10.1. The van der Waals surface area contributed by atoms with Crippen LogP contribution in [-0.4, -0.2) is 35.2 Å². The van der Waals surface area contributed by atoms with Gasteiger partial charge in [-0.1, -0.05) is 12.1 Å². The Morgan fingerprint density at radius 3 is 2.69 bits per heavy atom. The van der Waals surface area contributed by atoms with Crippen LogP contribution in [0.2, 0.25) is 0 Å². The van der Waals surface area contributed by atoms with Crippen LogP contribution in [-0.2, 0) is 16.0 Å². The summed E-state index contributed by atoms with van der Waals surface area (Å²) in [5.41, 5.74) is 2.78. The lowest BCUT2D eigenvalue weighted by Crippen LogP contribution is -2.25. The zero-order chi connectivity index (χ0) is 18.7. The summed E-state index contributed by atoms with van der Waals surface area (Å²) in [6.45, 7) is 2.20. The highest BCUT2D eigenvalue weighted by Crippen LogP contribution is 2.30. The topological polar surface area (TPSA) is 86.7 Å². The molecule has 26 heavy (non-hydrogen) atoms. The number of carboxylic acid groups (broad SMARTS) is 1. The van der Waals surface area contributed by atoms with Crippen molar-refractivity contribution in [2.24, 2.45) is 0 Å². The van der Waals surface area contributed by atoms with E-state index in [4.69, 9.17) is 0 Å². The molecule has 2 N–H and O–H groups in total. The Morgan fingerprint density at radius 1 is 1.19 bits per heavy atom.